The molecule has 1 aromatic carbocycles. The van der Waals surface area contributed by atoms with E-state index in [2.05, 4.69) is 0 Å². The SMILES string of the molecule is CCOc1cccc(N)c1C(=O)C1=CCCC1. The van der Waals surface area contributed by atoms with E-state index in [-0.39, 0.29) is 5.78 Å². The minimum Gasteiger partial charge on any atom is -0.493 e. The average Bonchev–Trinajstić information content (AvgIpc) is 2.82. The van der Waals surface area contributed by atoms with Crippen molar-refractivity contribution >= 4 is 11.5 Å². The second kappa shape index (κ2) is 5.04. The molecule has 0 bridgehead atoms. The van der Waals surface area contributed by atoms with Crippen LogP contribution in [-0.4, -0.2) is 12.4 Å². The van der Waals surface area contributed by atoms with Gasteiger partial charge >= 0.3 is 0 Å². The highest BCUT2D eigenvalue weighted by atomic mass is 16.5. The van der Waals surface area contributed by atoms with Crippen molar-refractivity contribution in [1.82, 2.24) is 0 Å². The summed E-state index contributed by atoms with van der Waals surface area (Å²) in [4.78, 5) is 12.3. The number of ether oxygens (including phenoxy) is 1. The first kappa shape index (κ1) is 11.7. The van der Waals surface area contributed by atoms with Crippen LogP contribution in [0.1, 0.15) is 36.5 Å². The summed E-state index contributed by atoms with van der Waals surface area (Å²) >= 11 is 0. The third-order valence-electron chi connectivity index (χ3n) is 2.92. The maximum Gasteiger partial charge on any atom is 0.194 e. The summed E-state index contributed by atoms with van der Waals surface area (Å²) in [5.74, 6) is 0.606. The van der Waals surface area contributed by atoms with Crippen LogP contribution in [0, 0.1) is 0 Å². The third kappa shape index (κ3) is 2.33. The first-order valence-electron chi connectivity index (χ1n) is 5.99. The van der Waals surface area contributed by atoms with Crippen molar-refractivity contribution in [2.75, 3.05) is 12.3 Å². The molecule has 17 heavy (non-hydrogen) atoms. The van der Waals surface area contributed by atoms with Crippen molar-refractivity contribution in [2.24, 2.45) is 0 Å². The number of carbonyl (C=O) groups is 1. The molecule has 2 N–H and O–H groups in total. The Morgan fingerprint density at radius 2 is 2.29 bits per heavy atom. The monoisotopic (exact) mass is 231 g/mol. The Bertz CT molecular complexity index is 463. The van der Waals surface area contributed by atoms with Crippen molar-refractivity contribution in [3.63, 3.8) is 0 Å². The third-order valence-corrected chi connectivity index (χ3v) is 2.92. The van der Waals surface area contributed by atoms with E-state index in [1.54, 1.807) is 18.2 Å². The van der Waals surface area contributed by atoms with E-state index in [1.165, 1.54) is 0 Å². The number of ketones is 1. The van der Waals surface area contributed by atoms with E-state index >= 15 is 0 Å². The van der Waals surface area contributed by atoms with Gasteiger partial charge in [-0.15, -0.1) is 0 Å². The second-order valence-corrected chi connectivity index (χ2v) is 4.10. The molecule has 0 saturated heterocycles. The van der Waals surface area contributed by atoms with Gasteiger partial charge in [0, 0.05) is 5.69 Å². The molecule has 0 aliphatic heterocycles. The predicted molar refractivity (Wildman–Crippen MR) is 68.3 cm³/mol. The summed E-state index contributed by atoms with van der Waals surface area (Å²) in [5, 5.41) is 0. The number of nitrogens with two attached hydrogens (primary N) is 1. The van der Waals surface area contributed by atoms with Gasteiger partial charge in [-0.25, -0.2) is 0 Å². The van der Waals surface area contributed by atoms with Crippen molar-refractivity contribution in [3.8, 4) is 5.75 Å². The number of anilines is 1. The van der Waals surface area contributed by atoms with E-state index in [0.29, 0.717) is 23.6 Å². The van der Waals surface area contributed by atoms with Gasteiger partial charge in [0.1, 0.15) is 5.75 Å². The van der Waals surface area contributed by atoms with Crippen LogP contribution in [0.25, 0.3) is 0 Å². The number of Topliss-reactive ketones (excluding diaryl/α,β-unsaturated/α-hetero) is 1. The van der Waals surface area contributed by atoms with Gasteiger partial charge in [0.25, 0.3) is 0 Å². The predicted octanol–water partition coefficient (Wildman–Crippen LogP) is 2.96. The molecule has 0 fully saturated rings. The summed E-state index contributed by atoms with van der Waals surface area (Å²) in [5.41, 5.74) is 7.77. The smallest absolute Gasteiger partial charge is 0.194 e. The summed E-state index contributed by atoms with van der Waals surface area (Å²) in [6, 6.07) is 5.34. The van der Waals surface area contributed by atoms with Crippen molar-refractivity contribution in [1.29, 1.82) is 0 Å². The zero-order valence-electron chi connectivity index (χ0n) is 10.0. The van der Waals surface area contributed by atoms with Gasteiger partial charge in [0.15, 0.2) is 5.78 Å². The Morgan fingerprint density at radius 1 is 1.47 bits per heavy atom. The van der Waals surface area contributed by atoms with Crippen LogP contribution in [0.15, 0.2) is 29.8 Å². The molecule has 0 aromatic heterocycles. The van der Waals surface area contributed by atoms with E-state index in [1.807, 2.05) is 13.0 Å². The van der Waals surface area contributed by atoms with Gasteiger partial charge in [-0.05, 0) is 43.9 Å². The number of benzene rings is 1. The highest BCUT2D eigenvalue weighted by molar-refractivity contribution is 6.13. The molecular formula is C14H17NO2. The van der Waals surface area contributed by atoms with Crippen molar-refractivity contribution in [3.05, 3.63) is 35.4 Å². The van der Waals surface area contributed by atoms with Gasteiger partial charge in [0.2, 0.25) is 0 Å². The zero-order valence-corrected chi connectivity index (χ0v) is 10.0. The Morgan fingerprint density at radius 3 is 2.94 bits per heavy atom. The second-order valence-electron chi connectivity index (χ2n) is 4.10. The Hall–Kier alpha value is -1.77. The molecule has 0 atom stereocenters. The van der Waals surface area contributed by atoms with Gasteiger partial charge in [-0.2, -0.15) is 0 Å². The molecule has 0 radical (unpaired) electrons. The van der Waals surface area contributed by atoms with Gasteiger partial charge in [0.05, 0.1) is 12.2 Å². The minimum atomic E-state index is 0.0176. The molecule has 0 amide bonds. The fourth-order valence-corrected chi connectivity index (χ4v) is 2.10. The maximum atomic E-state index is 12.3. The van der Waals surface area contributed by atoms with Crippen LogP contribution in [0.3, 0.4) is 0 Å². The maximum absolute atomic E-state index is 12.3. The first-order valence-corrected chi connectivity index (χ1v) is 5.99. The van der Waals surface area contributed by atoms with Gasteiger partial charge in [-0.3, -0.25) is 4.79 Å². The highest BCUT2D eigenvalue weighted by Gasteiger charge is 2.21. The minimum absolute atomic E-state index is 0.0176. The number of hydrogen-bond donors (Lipinski definition) is 1. The first-order chi connectivity index (χ1) is 8.24. The largest absolute Gasteiger partial charge is 0.493 e. The van der Waals surface area contributed by atoms with Gasteiger partial charge in [-0.1, -0.05) is 12.1 Å². The number of rotatable bonds is 4. The highest BCUT2D eigenvalue weighted by Crippen LogP contribution is 2.30. The molecule has 1 aliphatic rings. The molecule has 3 nitrogen and oxygen atoms in total. The summed E-state index contributed by atoms with van der Waals surface area (Å²) in [7, 11) is 0. The number of hydrogen-bond acceptors (Lipinski definition) is 3. The molecule has 1 aliphatic carbocycles. The van der Waals surface area contributed by atoms with Crippen LogP contribution in [0.4, 0.5) is 5.69 Å². The normalized spacial score (nSPS) is 14.5. The van der Waals surface area contributed by atoms with E-state index < -0.39 is 0 Å². The average molecular weight is 231 g/mol. The Balaban J connectivity index is 2.39. The molecule has 0 saturated carbocycles. The fraction of sp³-hybridized carbons (Fsp3) is 0.357. The van der Waals surface area contributed by atoms with Crippen LogP contribution < -0.4 is 10.5 Å². The number of carbonyl (C=O) groups excluding carboxylic acids is 1. The molecule has 0 heterocycles. The Labute approximate surface area is 101 Å². The molecule has 3 heteroatoms. The summed E-state index contributed by atoms with van der Waals surface area (Å²) in [6.45, 7) is 2.43. The zero-order chi connectivity index (χ0) is 12.3. The van der Waals surface area contributed by atoms with E-state index in [0.717, 1.165) is 24.8 Å². The topological polar surface area (TPSA) is 52.3 Å². The quantitative estimate of drug-likeness (QED) is 0.640. The lowest BCUT2D eigenvalue weighted by Crippen LogP contribution is -2.09. The molecule has 0 spiro atoms. The lowest BCUT2D eigenvalue weighted by molar-refractivity contribution is 0.102. The number of nitrogen functional groups attached to an aromatic ring is 1. The Kier molecular flexibility index (Phi) is 3.47. The standard InChI is InChI=1S/C14H17NO2/c1-2-17-12-9-5-8-11(15)13(12)14(16)10-6-3-4-7-10/h5-6,8-9H,2-4,7,15H2,1H3. The lowest BCUT2D eigenvalue weighted by Gasteiger charge is -2.12. The van der Waals surface area contributed by atoms with Crippen LogP contribution in [0.2, 0.25) is 0 Å². The molecular weight excluding hydrogens is 214 g/mol. The fourth-order valence-electron chi connectivity index (χ4n) is 2.10. The molecule has 0 unspecified atom stereocenters. The van der Waals surface area contributed by atoms with Crippen molar-refractivity contribution < 1.29 is 9.53 Å². The molecule has 1 aromatic rings. The van der Waals surface area contributed by atoms with Gasteiger partial charge < -0.3 is 10.5 Å². The van der Waals surface area contributed by atoms with Crippen LogP contribution >= 0.6 is 0 Å². The van der Waals surface area contributed by atoms with Crippen LogP contribution in [0.5, 0.6) is 5.75 Å². The molecule has 2 rings (SSSR count). The molecule has 90 valence electrons. The van der Waals surface area contributed by atoms with Crippen LogP contribution in [-0.2, 0) is 0 Å². The summed E-state index contributed by atoms with van der Waals surface area (Å²) < 4.78 is 5.47. The lowest BCUT2D eigenvalue weighted by atomic mass is 10.0. The van der Waals surface area contributed by atoms with E-state index in [4.69, 9.17) is 10.5 Å². The number of allylic oxidation sites excluding steroid dienone is 2. The summed E-state index contributed by atoms with van der Waals surface area (Å²) in [6.07, 6.45) is 4.89. The van der Waals surface area contributed by atoms with E-state index in [9.17, 15) is 4.79 Å². The van der Waals surface area contributed by atoms with Crippen molar-refractivity contribution in [2.45, 2.75) is 26.2 Å².